The SMILES string of the molecule is CNC(=O)c1cc(C(=O)NC2[C@H]3COC[C@@H]23)cc2c1OCC2c1cccc(O)c1. The Morgan fingerprint density at radius 2 is 1.86 bits per heavy atom. The zero-order valence-electron chi connectivity index (χ0n) is 16.0. The molecular weight excluding hydrogens is 372 g/mol. The van der Waals surface area contributed by atoms with Crippen molar-refractivity contribution in [2.45, 2.75) is 12.0 Å². The Labute approximate surface area is 168 Å². The lowest BCUT2D eigenvalue weighted by molar-refractivity contribution is 0.0929. The van der Waals surface area contributed by atoms with Crippen molar-refractivity contribution < 1.29 is 24.2 Å². The largest absolute Gasteiger partial charge is 0.508 e. The van der Waals surface area contributed by atoms with Gasteiger partial charge >= 0.3 is 0 Å². The number of ether oxygens (including phenoxy) is 2. The zero-order valence-corrected chi connectivity index (χ0v) is 16.0. The van der Waals surface area contributed by atoms with E-state index in [-0.39, 0.29) is 29.5 Å². The number of phenols is 1. The van der Waals surface area contributed by atoms with Gasteiger partial charge < -0.3 is 25.2 Å². The Morgan fingerprint density at radius 1 is 1.07 bits per heavy atom. The van der Waals surface area contributed by atoms with Crippen LogP contribution in [0.5, 0.6) is 11.5 Å². The molecule has 2 fully saturated rings. The number of nitrogens with one attached hydrogen (secondary N) is 2. The van der Waals surface area contributed by atoms with E-state index in [0.717, 1.165) is 11.1 Å². The third-order valence-corrected chi connectivity index (χ3v) is 6.14. The van der Waals surface area contributed by atoms with Gasteiger partial charge in [0.15, 0.2) is 0 Å². The van der Waals surface area contributed by atoms with Gasteiger partial charge in [-0.2, -0.15) is 0 Å². The first-order valence-corrected chi connectivity index (χ1v) is 9.77. The summed E-state index contributed by atoms with van der Waals surface area (Å²) < 4.78 is 11.2. The van der Waals surface area contributed by atoms with Crippen molar-refractivity contribution in [1.29, 1.82) is 0 Å². The minimum atomic E-state index is -0.302. The number of carbonyl (C=O) groups is 2. The molecule has 2 unspecified atom stereocenters. The van der Waals surface area contributed by atoms with E-state index in [4.69, 9.17) is 9.47 Å². The first-order chi connectivity index (χ1) is 14.1. The molecule has 2 aromatic carbocycles. The molecule has 2 amide bonds. The van der Waals surface area contributed by atoms with Crippen LogP contribution in [0.4, 0.5) is 0 Å². The molecule has 3 aliphatic rings. The van der Waals surface area contributed by atoms with Crippen molar-refractivity contribution >= 4 is 11.8 Å². The van der Waals surface area contributed by atoms with Crippen LogP contribution in [0.1, 0.15) is 37.8 Å². The lowest BCUT2D eigenvalue weighted by atomic mass is 9.90. The van der Waals surface area contributed by atoms with Gasteiger partial charge in [-0.05, 0) is 29.8 Å². The Bertz CT molecular complexity index is 995. The standard InChI is InChI=1S/C22H22N2O5/c1-23-22(27)15-7-12(21(26)24-19-17-8-28-9-18(17)19)6-14-16(10-29-20(14)15)11-3-2-4-13(25)5-11/h2-7,16-19,25H,8-10H2,1H3,(H,23,27)(H,24,26)/t16?,17-,18+,19?. The van der Waals surface area contributed by atoms with E-state index in [1.165, 1.54) is 0 Å². The van der Waals surface area contributed by atoms with Crippen LogP contribution in [-0.4, -0.2) is 49.8 Å². The monoisotopic (exact) mass is 394 g/mol. The van der Waals surface area contributed by atoms with E-state index in [9.17, 15) is 14.7 Å². The third kappa shape index (κ3) is 3.02. The highest BCUT2D eigenvalue weighted by molar-refractivity contribution is 6.02. The maximum atomic E-state index is 12.9. The minimum Gasteiger partial charge on any atom is -0.508 e. The molecule has 2 aromatic rings. The smallest absolute Gasteiger partial charge is 0.254 e. The van der Waals surface area contributed by atoms with Crippen molar-refractivity contribution in [3.63, 3.8) is 0 Å². The Hall–Kier alpha value is -3.06. The molecule has 1 saturated carbocycles. The van der Waals surface area contributed by atoms with Gasteiger partial charge in [-0.3, -0.25) is 9.59 Å². The fraction of sp³-hybridized carbons (Fsp3) is 0.364. The van der Waals surface area contributed by atoms with E-state index >= 15 is 0 Å². The highest BCUT2D eigenvalue weighted by Crippen LogP contribution is 2.45. The van der Waals surface area contributed by atoms with Crippen LogP contribution in [0, 0.1) is 11.8 Å². The molecule has 0 aromatic heterocycles. The molecule has 0 radical (unpaired) electrons. The molecule has 1 aliphatic carbocycles. The molecular formula is C22H22N2O5. The van der Waals surface area contributed by atoms with Crippen molar-refractivity contribution in [3.8, 4) is 11.5 Å². The number of rotatable bonds is 4. The lowest BCUT2D eigenvalue weighted by Gasteiger charge is -2.14. The number of amides is 2. The van der Waals surface area contributed by atoms with Gasteiger partial charge in [0.2, 0.25) is 0 Å². The lowest BCUT2D eigenvalue weighted by Crippen LogP contribution is -2.30. The predicted octanol–water partition coefficient (Wildman–Crippen LogP) is 1.65. The van der Waals surface area contributed by atoms with Gasteiger partial charge in [0.05, 0.1) is 25.4 Å². The summed E-state index contributed by atoms with van der Waals surface area (Å²) in [4.78, 5) is 25.4. The number of hydrogen-bond acceptors (Lipinski definition) is 5. The zero-order chi connectivity index (χ0) is 20.1. The summed E-state index contributed by atoms with van der Waals surface area (Å²) in [5.41, 5.74) is 2.43. The van der Waals surface area contributed by atoms with Crippen LogP contribution >= 0.6 is 0 Å². The van der Waals surface area contributed by atoms with Gasteiger partial charge in [-0.25, -0.2) is 0 Å². The van der Waals surface area contributed by atoms with E-state index < -0.39 is 0 Å². The summed E-state index contributed by atoms with van der Waals surface area (Å²) in [6, 6.07) is 10.5. The Morgan fingerprint density at radius 3 is 2.59 bits per heavy atom. The van der Waals surface area contributed by atoms with Gasteiger partial charge in [-0.1, -0.05) is 12.1 Å². The minimum absolute atomic E-state index is 0.145. The van der Waals surface area contributed by atoms with Crippen LogP contribution in [0.3, 0.4) is 0 Å². The average Bonchev–Trinajstić information content (AvgIpc) is 3.09. The number of hydrogen-bond donors (Lipinski definition) is 3. The number of aromatic hydroxyl groups is 1. The summed E-state index contributed by atoms with van der Waals surface area (Å²) in [5, 5.41) is 15.5. The van der Waals surface area contributed by atoms with Crippen molar-refractivity contribution in [1.82, 2.24) is 10.6 Å². The summed E-state index contributed by atoms with van der Waals surface area (Å²) >= 11 is 0. The van der Waals surface area contributed by atoms with Gasteiger partial charge in [-0.15, -0.1) is 0 Å². The second-order valence-electron chi connectivity index (χ2n) is 7.84. The molecule has 0 spiro atoms. The van der Waals surface area contributed by atoms with E-state index in [1.807, 2.05) is 6.07 Å². The second-order valence-corrected chi connectivity index (χ2v) is 7.84. The predicted molar refractivity (Wildman–Crippen MR) is 104 cm³/mol. The number of carbonyl (C=O) groups excluding carboxylic acids is 2. The van der Waals surface area contributed by atoms with E-state index in [2.05, 4.69) is 10.6 Å². The number of benzene rings is 2. The van der Waals surface area contributed by atoms with Crippen molar-refractivity contribution in [2.24, 2.45) is 11.8 Å². The fourth-order valence-corrected chi connectivity index (χ4v) is 4.47. The summed E-state index contributed by atoms with van der Waals surface area (Å²) in [6.07, 6.45) is 0. The van der Waals surface area contributed by atoms with Crippen LogP contribution in [0.15, 0.2) is 36.4 Å². The normalized spacial score (nSPS) is 26.2. The molecule has 2 aliphatic heterocycles. The Kier molecular flexibility index (Phi) is 4.20. The van der Waals surface area contributed by atoms with Crippen LogP contribution in [0.25, 0.3) is 0 Å². The molecule has 7 nitrogen and oxygen atoms in total. The molecule has 0 bridgehead atoms. The topological polar surface area (TPSA) is 96.9 Å². The molecule has 4 atom stereocenters. The quantitative estimate of drug-likeness (QED) is 0.733. The Balaban J connectivity index is 1.50. The molecule has 3 N–H and O–H groups in total. The van der Waals surface area contributed by atoms with E-state index in [1.54, 1.807) is 37.4 Å². The van der Waals surface area contributed by atoms with Gasteiger partial charge in [0.1, 0.15) is 11.5 Å². The molecule has 150 valence electrons. The molecule has 7 heteroatoms. The molecule has 29 heavy (non-hydrogen) atoms. The maximum absolute atomic E-state index is 12.9. The first kappa shape index (κ1) is 18.0. The van der Waals surface area contributed by atoms with Crippen LogP contribution < -0.4 is 15.4 Å². The van der Waals surface area contributed by atoms with Crippen LogP contribution in [-0.2, 0) is 4.74 Å². The number of phenolic OH excluding ortho intramolecular Hbond substituents is 1. The molecule has 1 saturated heterocycles. The summed E-state index contributed by atoms with van der Waals surface area (Å²) in [5.74, 6) is 0.792. The molecule has 5 rings (SSSR count). The molecule has 2 heterocycles. The highest BCUT2D eigenvalue weighted by Gasteiger charge is 2.54. The average molecular weight is 394 g/mol. The third-order valence-electron chi connectivity index (χ3n) is 6.14. The fourth-order valence-electron chi connectivity index (χ4n) is 4.47. The van der Waals surface area contributed by atoms with Gasteiger partial charge in [0.25, 0.3) is 11.8 Å². The first-order valence-electron chi connectivity index (χ1n) is 9.77. The second kappa shape index (κ2) is 6.77. The van der Waals surface area contributed by atoms with Gasteiger partial charge in [0, 0.05) is 42.0 Å². The number of fused-ring (bicyclic) bond motifs is 2. The highest BCUT2D eigenvalue weighted by atomic mass is 16.5. The van der Waals surface area contributed by atoms with Crippen LogP contribution in [0.2, 0.25) is 0 Å². The van der Waals surface area contributed by atoms with E-state index in [0.29, 0.717) is 48.5 Å². The van der Waals surface area contributed by atoms with Crippen molar-refractivity contribution in [2.75, 3.05) is 26.9 Å². The maximum Gasteiger partial charge on any atom is 0.254 e. The summed E-state index contributed by atoms with van der Waals surface area (Å²) in [7, 11) is 1.55. The van der Waals surface area contributed by atoms with Crippen molar-refractivity contribution in [3.05, 3.63) is 58.7 Å². The summed E-state index contributed by atoms with van der Waals surface area (Å²) in [6.45, 7) is 1.73.